The van der Waals surface area contributed by atoms with Gasteiger partial charge in [-0.1, -0.05) is 40.5 Å². The predicted molar refractivity (Wildman–Crippen MR) is 101 cm³/mol. The molecule has 0 aromatic rings. The van der Waals surface area contributed by atoms with Crippen molar-refractivity contribution in [2.24, 2.45) is 17.8 Å². The summed E-state index contributed by atoms with van der Waals surface area (Å²) in [6.45, 7) is 11.3. The maximum atomic E-state index is 12.7. The Labute approximate surface area is 153 Å². The van der Waals surface area contributed by atoms with Gasteiger partial charge >= 0.3 is 6.03 Å². The first-order valence-electron chi connectivity index (χ1n) is 10.2. The van der Waals surface area contributed by atoms with Crippen LogP contribution in [0, 0.1) is 17.8 Å². The fourth-order valence-electron chi connectivity index (χ4n) is 4.11. The fraction of sp³-hybridized carbons (Fsp3) is 0.900. The highest BCUT2D eigenvalue weighted by Gasteiger charge is 2.26. The SMILES string of the molecule is CC(C)C(=O)N1CCCN(C(=O)NC2CCCC(C(C)C)CC2)CC1. The van der Waals surface area contributed by atoms with Crippen LogP contribution in [0.1, 0.15) is 66.2 Å². The molecule has 0 bridgehead atoms. The van der Waals surface area contributed by atoms with Gasteiger partial charge in [0.15, 0.2) is 0 Å². The molecule has 5 nitrogen and oxygen atoms in total. The molecular weight excluding hydrogens is 314 g/mol. The van der Waals surface area contributed by atoms with Crippen LogP contribution >= 0.6 is 0 Å². The molecule has 25 heavy (non-hydrogen) atoms. The van der Waals surface area contributed by atoms with Gasteiger partial charge in [-0.3, -0.25) is 4.79 Å². The van der Waals surface area contributed by atoms with Crippen LogP contribution in [0.4, 0.5) is 4.79 Å². The maximum Gasteiger partial charge on any atom is 0.317 e. The Bertz CT molecular complexity index is 450. The topological polar surface area (TPSA) is 52.7 Å². The van der Waals surface area contributed by atoms with E-state index in [4.69, 9.17) is 0 Å². The van der Waals surface area contributed by atoms with Gasteiger partial charge in [0, 0.05) is 38.1 Å². The van der Waals surface area contributed by atoms with Crippen molar-refractivity contribution in [1.29, 1.82) is 0 Å². The molecule has 2 fully saturated rings. The van der Waals surface area contributed by atoms with E-state index in [2.05, 4.69) is 19.2 Å². The van der Waals surface area contributed by atoms with E-state index in [1.807, 2.05) is 23.6 Å². The van der Waals surface area contributed by atoms with Crippen LogP contribution in [-0.4, -0.2) is 54.0 Å². The average Bonchev–Trinajstić information content (AvgIpc) is 2.94. The van der Waals surface area contributed by atoms with Gasteiger partial charge in [-0.25, -0.2) is 4.79 Å². The number of amides is 3. The Morgan fingerprint density at radius 3 is 2.20 bits per heavy atom. The number of carbonyl (C=O) groups excluding carboxylic acids is 2. The molecule has 2 aliphatic rings. The lowest BCUT2D eigenvalue weighted by atomic mass is 9.89. The van der Waals surface area contributed by atoms with Crippen molar-refractivity contribution >= 4 is 11.9 Å². The van der Waals surface area contributed by atoms with Crippen molar-refractivity contribution in [2.75, 3.05) is 26.2 Å². The van der Waals surface area contributed by atoms with E-state index in [-0.39, 0.29) is 17.9 Å². The maximum absolute atomic E-state index is 12.7. The number of hydrogen-bond donors (Lipinski definition) is 1. The lowest BCUT2D eigenvalue weighted by Gasteiger charge is -2.26. The van der Waals surface area contributed by atoms with Crippen LogP contribution in [0.3, 0.4) is 0 Å². The molecule has 0 spiro atoms. The van der Waals surface area contributed by atoms with Crippen molar-refractivity contribution in [3.63, 3.8) is 0 Å². The van der Waals surface area contributed by atoms with E-state index in [0.717, 1.165) is 44.2 Å². The van der Waals surface area contributed by atoms with Gasteiger partial charge < -0.3 is 15.1 Å². The number of hydrogen-bond acceptors (Lipinski definition) is 2. The Hall–Kier alpha value is -1.26. The first-order chi connectivity index (χ1) is 11.9. The van der Waals surface area contributed by atoms with E-state index < -0.39 is 0 Å². The van der Waals surface area contributed by atoms with E-state index in [0.29, 0.717) is 19.1 Å². The molecule has 1 saturated heterocycles. The summed E-state index contributed by atoms with van der Waals surface area (Å²) >= 11 is 0. The summed E-state index contributed by atoms with van der Waals surface area (Å²) < 4.78 is 0. The highest BCUT2D eigenvalue weighted by Crippen LogP contribution is 2.28. The van der Waals surface area contributed by atoms with Crippen LogP contribution in [0.2, 0.25) is 0 Å². The third-order valence-electron chi connectivity index (χ3n) is 5.87. The molecule has 0 aromatic heterocycles. The predicted octanol–water partition coefficient (Wildman–Crippen LogP) is 3.49. The molecule has 0 aromatic carbocycles. The smallest absolute Gasteiger partial charge is 0.317 e. The molecule has 2 atom stereocenters. The van der Waals surface area contributed by atoms with Gasteiger partial charge in [-0.05, 0) is 37.5 Å². The van der Waals surface area contributed by atoms with Gasteiger partial charge in [0.25, 0.3) is 0 Å². The first kappa shape index (κ1) is 20.1. The number of nitrogens with one attached hydrogen (secondary N) is 1. The van der Waals surface area contributed by atoms with Crippen LogP contribution in [0.15, 0.2) is 0 Å². The summed E-state index contributed by atoms with van der Waals surface area (Å²) in [5.41, 5.74) is 0. The summed E-state index contributed by atoms with van der Waals surface area (Å²) in [7, 11) is 0. The summed E-state index contributed by atoms with van der Waals surface area (Å²) in [6.07, 6.45) is 6.79. The minimum absolute atomic E-state index is 0.0280. The van der Waals surface area contributed by atoms with Crippen LogP contribution in [-0.2, 0) is 4.79 Å². The highest BCUT2D eigenvalue weighted by molar-refractivity contribution is 5.78. The standard InChI is InChI=1S/C20H37N3O2/c1-15(2)17-7-5-8-18(10-9-17)21-20(25)23-12-6-11-22(13-14-23)19(24)16(3)4/h15-18H,5-14H2,1-4H3,(H,21,25). The van der Waals surface area contributed by atoms with E-state index in [9.17, 15) is 9.59 Å². The largest absolute Gasteiger partial charge is 0.341 e. The third kappa shape index (κ3) is 5.89. The second kappa shape index (κ2) is 9.44. The first-order valence-corrected chi connectivity index (χ1v) is 10.2. The van der Waals surface area contributed by atoms with Crippen molar-refractivity contribution in [3.8, 4) is 0 Å². The monoisotopic (exact) mass is 351 g/mol. The molecule has 2 rings (SSSR count). The zero-order valence-corrected chi connectivity index (χ0v) is 16.6. The third-order valence-corrected chi connectivity index (χ3v) is 5.87. The van der Waals surface area contributed by atoms with Gasteiger partial charge in [0.2, 0.25) is 5.91 Å². The molecule has 1 heterocycles. The zero-order chi connectivity index (χ0) is 18.4. The highest BCUT2D eigenvalue weighted by atomic mass is 16.2. The molecule has 1 N–H and O–H groups in total. The van der Waals surface area contributed by atoms with Crippen molar-refractivity contribution in [1.82, 2.24) is 15.1 Å². The lowest BCUT2D eigenvalue weighted by molar-refractivity contribution is -0.134. The second-order valence-electron chi connectivity index (χ2n) is 8.48. The van der Waals surface area contributed by atoms with Crippen LogP contribution < -0.4 is 5.32 Å². The number of urea groups is 1. The van der Waals surface area contributed by atoms with Crippen molar-refractivity contribution < 1.29 is 9.59 Å². The summed E-state index contributed by atoms with van der Waals surface area (Å²) in [5, 5.41) is 3.27. The minimum Gasteiger partial charge on any atom is -0.341 e. The van der Waals surface area contributed by atoms with Gasteiger partial charge in [0.1, 0.15) is 0 Å². The van der Waals surface area contributed by atoms with Gasteiger partial charge in [-0.15, -0.1) is 0 Å². The Balaban J connectivity index is 1.81. The molecule has 2 unspecified atom stereocenters. The molecule has 3 amide bonds. The van der Waals surface area contributed by atoms with Gasteiger partial charge in [-0.2, -0.15) is 0 Å². The van der Waals surface area contributed by atoms with Gasteiger partial charge in [0.05, 0.1) is 0 Å². The molecule has 1 aliphatic carbocycles. The van der Waals surface area contributed by atoms with Crippen LogP contribution in [0.5, 0.6) is 0 Å². The summed E-state index contributed by atoms with van der Waals surface area (Å²) in [6, 6.07) is 0.375. The Morgan fingerprint density at radius 1 is 0.840 bits per heavy atom. The zero-order valence-electron chi connectivity index (χ0n) is 16.6. The molecule has 5 heteroatoms. The fourth-order valence-corrected chi connectivity index (χ4v) is 4.11. The molecule has 144 valence electrons. The normalized spacial score (nSPS) is 25.7. The number of carbonyl (C=O) groups is 2. The van der Waals surface area contributed by atoms with E-state index >= 15 is 0 Å². The lowest BCUT2D eigenvalue weighted by Crippen LogP contribution is -2.46. The second-order valence-corrected chi connectivity index (χ2v) is 8.48. The quantitative estimate of drug-likeness (QED) is 0.791. The molecule has 1 aliphatic heterocycles. The number of nitrogens with zero attached hydrogens (tertiary/aromatic N) is 2. The van der Waals surface area contributed by atoms with E-state index in [1.165, 1.54) is 19.3 Å². The van der Waals surface area contributed by atoms with Crippen molar-refractivity contribution in [3.05, 3.63) is 0 Å². The molecule has 1 saturated carbocycles. The number of rotatable bonds is 3. The average molecular weight is 352 g/mol. The Morgan fingerprint density at radius 2 is 1.52 bits per heavy atom. The summed E-state index contributed by atoms with van der Waals surface area (Å²) in [4.78, 5) is 28.7. The Kier molecular flexibility index (Phi) is 7.57. The van der Waals surface area contributed by atoms with Crippen LogP contribution in [0.25, 0.3) is 0 Å². The minimum atomic E-state index is 0.0280. The van der Waals surface area contributed by atoms with E-state index in [1.54, 1.807) is 0 Å². The molecular formula is C20H37N3O2. The summed E-state index contributed by atoms with van der Waals surface area (Å²) in [5.74, 6) is 1.77. The molecule has 0 radical (unpaired) electrons. The van der Waals surface area contributed by atoms with Crippen molar-refractivity contribution in [2.45, 2.75) is 72.3 Å².